The van der Waals surface area contributed by atoms with Gasteiger partial charge >= 0.3 is 0 Å². The molecular weight excluding hydrogens is 927 g/mol. The highest BCUT2D eigenvalue weighted by Crippen LogP contribution is 2.47. The van der Waals surface area contributed by atoms with Crippen LogP contribution in [-0.4, -0.2) is 18.7 Å². The second-order valence-corrected chi connectivity index (χ2v) is 20.0. The van der Waals surface area contributed by atoms with Crippen LogP contribution in [-0.2, 0) is 5.41 Å². The molecule has 5 heterocycles. The highest BCUT2D eigenvalue weighted by atomic mass is 16.5. The monoisotopic (exact) mass is 988 g/mol. The van der Waals surface area contributed by atoms with Crippen LogP contribution in [0.3, 0.4) is 0 Å². The number of para-hydroxylation sites is 4. The van der Waals surface area contributed by atoms with E-state index in [-0.39, 0.29) is 61.1 Å². The van der Waals surface area contributed by atoms with E-state index in [2.05, 4.69) is 54.4 Å². The SMILES string of the molecule is [2H]c1c([2H])c([2H])c(-c2cccc3c2-[n+]2[c-]n(-c4cccc(Oc5ccc6c7ccccc7n(-c7cc(C(C)(C)C)ccn7)c6c5)c4)c4cc(-n5c6ccccc6c6ccccc65)cc(c42)-c2c([2H])c([2H])c([2H])c([2H])c2-c2c([2H])c([2H])c([2H])c([2H])c2-3)c([2H])c1[2H]. The number of hydrogen-bond acceptors (Lipinski definition) is 2. The Hall–Kier alpha value is -9.78. The second-order valence-electron chi connectivity index (χ2n) is 20.0. The topological polar surface area (TPSA) is 40.8 Å². The van der Waals surface area contributed by atoms with Crippen LogP contribution in [0.4, 0.5) is 0 Å². The molecule has 10 aromatic carbocycles. The van der Waals surface area contributed by atoms with Gasteiger partial charge in [0.2, 0.25) is 0 Å². The van der Waals surface area contributed by atoms with Gasteiger partial charge in [0.05, 0.1) is 62.3 Å². The van der Waals surface area contributed by atoms with E-state index in [1.165, 1.54) is 0 Å². The van der Waals surface area contributed by atoms with Gasteiger partial charge in [0.25, 0.3) is 6.33 Å². The molecule has 1 aliphatic rings. The Balaban J connectivity index is 1.07. The minimum Gasteiger partial charge on any atom is -0.458 e. The Morgan fingerprint density at radius 1 is 0.461 bits per heavy atom. The fourth-order valence-corrected chi connectivity index (χ4v) is 11.2. The number of hydrogen-bond donors (Lipinski definition) is 0. The fraction of sp³-hybridized carbons (Fsp3) is 0.0571. The summed E-state index contributed by atoms with van der Waals surface area (Å²) in [7, 11) is 0. The number of fused-ring (bicyclic) bond motifs is 13. The van der Waals surface area contributed by atoms with Crippen molar-refractivity contribution in [2.24, 2.45) is 0 Å². The number of benzene rings is 10. The molecule has 6 heteroatoms. The largest absolute Gasteiger partial charge is 0.458 e. The lowest BCUT2D eigenvalue weighted by Crippen LogP contribution is -2.32. The van der Waals surface area contributed by atoms with Gasteiger partial charge < -0.3 is 9.30 Å². The molecule has 0 aliphatic carbocycles. The summed E-state index contributed by atoms with van der Waals surface area (Å²) in [5.41, 5.74) is 5.66. The van der Waals surface area contributed by atoms with Gasteiger partial charge in [-0.1, -0.05) is 178 Å². The molecule has 0 saturated carbocycles. The van der Waals surface area contributed by atoms with Crippen LogP contribution in [0.5, 0.6) is 11.5 Å². The molecule has 0 fully saturated rings. The van der Waals surface area contributed by atoms with Crippen molar-refractivity contribution in [3.05, 3.63) is 254 Å². The summed E-state index contributed by atoms with van der Waals surface area (Å²) in [6.07, 6.45) is 5.44. The average molecular weight is 989 g/mol. The molecule has 0 atom stereocenters. The number of rotatable bonds is 6. The van der Waals surface area contributed by atoms with E-state index in [0.717, 1.165) is 55.0 Å². The average Bonchev–Trinajstić information content (AvgIpc) is 1.62. The van der Waals surface area contributed by atoms with Crippen molar-refractivity contribution in [3.63, 3.8) is 0 Å². The first kappa shape index (κ1) is 32.4. The first-order chi connectivity index (χ1) is 42.7. The van der Waals surface area contributed by atoms with Crippen molar-refractivity contribution in [1.29, 1.82) is 0 Å². The summed E-state index contributed by atoms with van der Waals surface area (Å²) in [5.74, 6) is 1.69. The third-order valence-corrected chi connectivity index (χ3v) is 14.6. The number of pyridine rings is 1. The van der Waals surface area contributed by atoms with Gasteiger partial charge in [-0.05, 0) is 128 Å². The molecule has 76 heavy (non-hydrogen) atoms. The van der Waals surface area contributed by atoms with Crippen molar-refractivity contribution < 1.29 is 27.1 Å². The van der Waals surface area contributed by atoms with Gasteiger partial charge in [-0.3, -0.25) is 13.7 Å². The number of imidazole rings is 1. The van der Waals surface area contributed by atoms with Crippen LogP contribution >= 0.6 is 0 Å². The van der Waals surface area contributed by atoms with Gasteiger partial charge in [0.15, 0.2) is 0 Å². The maximum Gasteiger partial charge on any atom is 0.269 e. The normalized spacial score (nSPS) is 14.5. The van der Waals surface area contributed by atoms with Crippen LogP contribution in [0.2, 0.25) is 0 Å². The predicted octanol–water partition coefficient (Wildman–Crippen LogP) is 17.4. The molecule has 0 N–H and O–H groups in total. The van der Waals surface area contributed by atoms with Gasteiger partial charge in [0.1, 0.15) is 17.3 Å². The molecule has 4 aromatic heterocycles. The summed E-state index contributed by atoms with van der Waals surface area (Å²) in [4.78, 5) is 4.88. The predicted molar refractivity (Wildman–Crippen MR) is 311 cm³/mol. The van der Waals surface area contributed by atoms with Crippen molar-refractivity contribution >= 4 is 54.6 Å². The van der Waals surface area contributed by atoms with E-state index in [9.17, 15) is 12.3 Å². The van der Waals surface area contributed by atoms with Crippen LogP contribution in [0.1, 0.15) is 44.2 Å². The van der Waals surface area contributed by atoms with Crippen molar-refractivity contribution in [2.75, 3.05) is 0 Å². The molecule has 0 saturated heterocycles. The minimum atomic E-state index is -0.657. The Morgan fingerprint density at radius 2 is 1.04 bits per heavy atom. The molecule has 0 radical (unpaired) electrons. The molecule has 0 unspecified atom stereocenters. The van der Waals surface area contributed by atoms with E-state index in [4.69, 9.17) is 15.2 Å². The Kier molecular flexibility index (Phi) is 7.20. The van der Waals surface area contributed by atoms with E-state index in [1.807, 2.05) is 128 Å². The zero-order chi connectivity index (χ0) is 62.0. The standard InChI is InChI=1S/C70H49N5O/c1-70(2,3)46-37-38-71-67(39-46)75-64-34-16-13-29-58(64)59-36-35-50(43-65(59)75)76-49-22-17-21-47(40-49)72-44-73-68-51(45-19-5-4-6-20-45)30-18-31-60(68)54-25-9-7-23-52(54)53-24-8-10-26-55(53)61-41-48(42-66(72)69(61)73)74-62-32-14-11-27-56(62)57-28-12-15-33-63(57)74/h4-43H,1-3H3/i4D,5D,6D,7D,8D,9D,10D,19D,20D,23D,24D,25D,26D. The van der Waals surface area contributed by atoms with Crippen LogP contribution in [0.25, 0.3) is 122 Å². The maximum absolute atomic E-state index is 10.0. The van der Waals surface area contributed by atoms with Gasteiger partial charge in [-0.2, -0.15) is 0 Å². The molecule has 6 nitrogen and oxygen atoms in total. The fourth-order valence-electron chi connectivity index (χ4n) is 11.2. The molecule has 14 aromatic rings. The molecule has 0 amide bonds. The van der Waals surface area contributed by atoms with Crippen LogP contribution in [0, 0.1) is 6.33 Å². The zero-order valence-corrected chi connectivity index (χ0v) is 41.2. The highest BCUT2D eigenvalue weighted by molar-refractivity contribution is 6.11. The summed E-state index contributed by atoms with van der Waals surface area (Å²) in [6.45, 7) is 6.51. The molecule has 0 bridgehead atoms. The Bertz CT molecular complexity index is 5380. The molecule has 0 spiro atoms. The van der Waals surface area contributed by atoms with E-state index in [0.29, 0.717) is 28.4 Å². The van der Waals surface area contributed by atoms with Gasteiger partial charge in [0, 0.05) is 39.5 Å². The summed E-state index contributed by atoms with van der Waals surface area (Å²) < 4.78 is 136. The number of ether oxygens (including phenoxy) is 1. The van der Waals surface area contributed by atoms with Crippen molar-refractivity contribution in [1.82, 2.24) is 18.7 Å². The first-order valence-electron chi connectivity index (χ1n) is 31.5. The molecule has 360 valence electrons. The lowest BCUT2D eigenvalue weighted by Gasteiger charge is -2.20. The Morgan fingerprint density at radius 3 is 1.72 bits per heavy atom. The van der Waals surface area contributed by atoms with Crippen LogP contribution < -0.4 is 9.30 Å². The Labute approximate surface area is 458 Å². The maximum atomic E-state index is 10.0. The first-order valence-corrected chi connectivity index (χ1v) is 25.0. The van der Waals surface area contributed by atoms with Crippen LogP contribution in [0.15, 0.2) is 242 Å². The van der Waals surface area contributed by atoms with Gasteiger partial charge in [-0.25, -0.2) is 4.98 Å². The van der Waals surface area contributed by atoms with E-state index < -0.39 is 78.6 Å². The lowest BCUT2D eigenvalue weighted by molar-refractivity contribution is -0.570. The number of aromatic nitrogens is 5. The number of nitrogens with zero attached hydrogens (tertiary/aromatic N) is 5. The third kappa shape index (κ3) is 6.80. The second kappa shape index (κ2) is 16.9. The smallest absolute Gasteiger partial charge is 0.269 e. The molecular formula is C70H49N5O. The van der Waals surface area contributed by atoms with E-state index in [1.54, 1.807) is 27.3 Å². The van der Waals surface area contributed by atoms with Crippen molar-refractivity contribution in [3.8, 4) is 78.9 Å². The van der Waals surface area contributed by atoms with E-state index >= 15 is 0 Å². The molecule has 15 rings (SSSR count). The van der Waals surface area contributed by atoms with Gasteiger partial charge in [-0.15, -0.1) is 0 Å². The quantitative estimate of drug-likeness (QED) is 0.123. The molecule has 1 aliphatic heterocycles. The third-order valence-electron chi connectivity index (χ3n) is 14.6. The zero-order valence-electron chi connectivity index (χ0n) is 54.2. The summed E-state index contributed by atoms with van der Waals surface area (Å²) >= 11 is 0. The minimum absolute atomic E-state index is 0.0614. The summed E-state index contributed by atoms with van der Waals surface area (Å²) in [6, 6.07) is 42.3. The summed E-state index contributed by atoms with van der Waals surface area (Å²) in [5, 5.41) is 3.91. The highest BCUT2D eigenvalue weighted by Gasteiger charge is 2.28. The van der Waals surface area contributed by atoms with Crippen molar-refractivity contribution in [2.45, 2.75) is 26.2 Å². The lowest BCUT2D eigenvalue weighted by atomic mass is 9.88.